The molecule has 3 nitrogen and oxygen atoms in total. The summed E-state index contributed by atoms with van der Waals surface area (Å²) in [5, 5.41) is 18.8. The number of hydrogen-bond acceptors (Lipinski definition) is 3. The van der Waals surface area contributed by atoms with Crippen molar-refractivity contribution < 1.29 is 10.2 Å². The Kier molecular flexibility index (Phi) is 4.16. The molecule has 0 bridgehead atoms. The summed E-state index contributed by atoms with van der Waals surface area (Å²) in [5.41, 5.74) is 0. The predicted molar refractivity (Wildman–Crippen MR) is 52.5 cm³/mol. The number of aliphatic hydroxyl groups excluding tert-OH is 2. The van der Waals surface area contributed by atoms with Crippen molar-refractivity contribution in [1.82, 2.24) is 4.90 Å². The zero-order valence-electron chi connectivity index (χ0n) is 8.61. The van der Waals surface area contributed by atoms with Crippen LogP contribution in [0.5, 0.6) is 0 Å². The molecule has 0 aromatic carbocycles. The summed E-state index contributed by atoms with van der Waals surface area (Å²) in [5.74, 6) is 0.407. The monoisotopic (exact) mass is 187 g/mol. The first-order valence-corrected chi connectivity index (χ1v) is 5.22. The molecule has 3 atom stereocenters. The summed E-state index contributed by atoms with van der Waals surface area (Å²) in [7, 11) is 0. The molecule has 0 spiro atoms. The highest BCUT2D eigenvalue weighted by atomic mass is 16.3. The lowest BCUT2D eigenvalue weighted by atomic mass is 10.0. The van der Waals surface area contributed by atoms with Gasteiger partial charge in [0.15, 0.2) is 0 Å². The molecule has 0 aromatic heterocycles. The van der Waals surface area contributed by atoms with Crippen molar-refractivity contribution in [3.05, 3.63) is 0 Å². The fraction of sp³-hybridized carbons (Fsp3) is 1.00. The highest BCUT2D eigenvalue weighted by Gasteiger charge is 2.26. The van der Waals surface area contributed by atoms with E-state index in [4.69, 9.17) is 0 Å². The van der Waals surface area contributed by atoms with Gasteiger partial charge in [0.25, 0.3) is 0 Å². The highest BCUT2D eigenvalue weighted by Crippen LogP contribution is 2.19. The fourth-order valence-electron chi connectivity index (χ4n) is 1.85. The molecule has 2 N–H and O–H groups in total. The van der Waals surface area contributed by atoms with E-state index in [9.17, 15) is 10.2 Å². The second kappa shape index (κ2) is 4.94. The Balaban J connectivity index is 2.25. The molecule has 13 heavy (non-hydrogen) atoms. The van der Waals surface area contributed by atoms with Gasteiger partial charge in [-0.05, 0) is 32.2 Å². The maximum atomic E-state index is 9.44. The van der Waals surface area contributed by atoms with Crippen LogP contribution in [0.2, 0.25) is 0 Å². The Bertz CT molecular complexity index is 150. The standard InChI is InChI=1S/C10H21NO2/c1-3-10(13)7-11-5-4-9(6-11)8(2)12/h8-10,12-13H,3-7H2,1-2H3. The van der Waals surface area contributed by atoms with E-state index in [1.807, 2.05) is 13.8 Å². The molecule has 1 rings (SSSR count). The minimum absolute atomic E-state index is 0.201. The van der Waals surface area contributed by atoms with Gasteiger partial charge in [-0.1, -0.05) is 6.92 Å². The molecule has 0 radical (unpaired) electrons. The third-order valence-corrected chi connectivity index (χ3v) is 2.93. The third kappa shape index (κ3) is 3.25. The topological polar surface area (TPSA) is 43.7 Å². The van der Waals surface area contributed by atoms with Crippen LogP contribution in [0.15, 0.2) is 0 Å². The van der Waals surface area contributed by atoms with Crippen LogP contribution in [0.1, 0.15) is 26.7 Å². The van der Waals surface area contributed by atoms with Gasteiger partial charge in [0.2, 0.25) is 0 Å². The van der Waals surface area contributed by atoms with Crippen molar-refractivity contribution in [3.63, 3.8) is 0 Å². The lowest BCUT2D eigenvalue weighted by Gasteiger charge is -2.19. The second-order valence-electron chi connectivity index (χ2n) is 4.11. The Morgan fingerprint density at radius 2 is 2.15 bits per heavy atom. The normalized spacial score (nSPS) is 29.1. The first-order valence-electron chi connectivity index (χ1n) is 5.22. The van der Waals surface area contributed by atoms with Crippen molar-refractivity contribution in [2.45, 2.75) is 38.9 Å². The number of β-amino-alcohol motifs (C(OH)–C–C–N with tert-alkyl or cyclic N) is 1. The van der Waals surface area contributed by atoms with Gasteiger partial charge >= 0.3 is 0 Å². The molecular formula is C10H21NO2. The molecule has 0 saturated carbocycles. The molecule has 1 heterocycles. The molecular weight excluding hydrogens is 166 g/mol. The van der Waals surface area contributed by atoms with Crippen LogP contribution in [0, 0.1) is 5.92 Å². The van der Waals surface area contributed by atoms with Gasteiger partial charge in [-0.2, -0.15) is 0 Å². The summed E-state index contributed by atoms with van der Waals surface area (Å²) in [6.07, 6.45) is 1.47. The second-order valence-corrected chi connectivity index (χ2v) is 4.11. The van der Waals surface area contributed by atoms with Crippen LogP contribution in [0.4, 0.5) is 0 Å². The van der Waals surface area contributed by atoms with Gasteiger partial charge in [0, 0.05) is 13.1 Å². The molecule has 0 amide bonds. The van der Waals surface area contributed by atoms with Crippen molar-refractivity contribution in [1.29, 1.82) is 0 Å². The Labute approximate surface area is 80.4 Å². The summed E-state index contributed by atoms with van der Waals surface area (Å²) in [4.78, 5) is 2.24. The predicted octanol–water partition coefficient (Wildman–Crippen LogP) is 0.460. The maximum Gasteiger partial charge on any atom is 0.0664 e. The smallest absolute Gasteiger partial charge is 0.0664 e. The average Bonchev–Trinajstić information content (AvgIpc) is 2.52. The van der Waals surface area contributed by atoms with E-state index >= 15 is 0 Å². The number of aliphatic hydroxyl groups is 2. The van der Waals surface area contributed by atoms with Crippen LogP contribution in [-0.4, -0.2) is 47.0 Å². The summed E-state index contributed by atoms with van der Waals surface area (Å²) in [6.45, 7) is 6.57. The van der Waals surface area contributed by atoms with Crippen molar-refractivity contribution in [2.24, 2.45) is 5.92 Å². The summed E-state index contributed by atoms with van der Waals surface area (Å²) >= 11 is 0. The van der Waals surface area contributed by atoms with Crippen LogP contribution in [-0.2, 0) is 0 Å². The van der Waals surface area contributed by atoms with Gasteiger partial charge in [-0.3, -0.25) is 0 Å². The van der Waals surface area contributed by atoms with E-state index in [-0.39, 0.29) is 12.2 Å². The number of hydrogen-bond donors (Lipinski definition) is 2. The van der Waals surface area contributed by atoms with Gasteiger partial charge in [-0.25, -0.2) is 0 Å². The van der Waals surface area contributed by atoms with Crippen molar-refractivity contribution >= 4 is 0 Å². The zero-order valence-corrected chi connectivity index (χ0v) is 8.61. The SMILES string of the molecule is CCC(O)CN1CCC(C(C)O)C1. The number of likely N-dealkylation sites (tertiary alicyclic amines) is 1. The number of rotatable bonds is 4. The molecule has 1 aliphatic heterocycles. The molecule has 1 saturated heterocycles. The van der Waals surface area contributed by atoms with Gasteiger partial charge in [0.05, 0.1) is 12.2 Å². The Hall–Kier alpha value is -0.120. The first-order chi connectivity index (χ1) is 6.13. The van der Waals surface area contributed by atoms with Crippen LogP contribution in [0.25, 0.3) is 0 Å². The van der Waals surface area contributed by atoms with E-state index in [1.54, 1.807) is 0 Å². The summed E-state index contributed by atoms with van der Waals surface area (Å²) in [6, 6.07) is 0. The van der Waals surface area contributed by atoms with Gasteiger partial charge in [0.1, 0.15) is 0 Å². The van der Waals surface area contributed by atoms with Crippen LogP contribution >= 0.6 is 0 Å². The molecule has 3 heteroatoms. The summed E-state index contributed by atoms with van der Waals surface area (Å²) < 4.78 is 0. The van der Waals surface area contributed by atoms with E-state index in [1.165, 1.54) is 0 Å². The molecule has 78 valence electrons. The average molecular weight is 187 g/mol. The van der Waals surface area contributed by atoms with E-state index in [2.05, 4.69) is 4.90 Å². The highest BCUT2D eigenvalue weighted by molar-refractivity contribution is 4.79. The van der Waals surface area contributed by atoms with Gasteiger partial charge in [-0.15, -0.1) is 0 Å². The third-order valence-electron chi connectivity index (χ3n) is 2.93. The molecule has 1 aliphatic rings. The number of nitrogens with zero attached hydrogens (tertiary/aromatic N) is 1. The van der Waals surface area contributed by atoms with Crippen molar-refractivity contribution in [2.75, 3.05) is 19.6 Å². The molecule has 0 aromatic rings. The Morgan fingerprint density at radius 3 is 2.62 bits per heavy atom. The van der Waals surface area contributed by atoms with Gasteiger partial charge < -0.3 is 15.1 Å². The minimum atomic E-state index is -0.205. The largest absolute Gasteiger partial charge is 0.393 e. The first kappa shape index (κ1) is 11.0. The van der Waals surface area contributed by atoms with Crippen LogP contribution < -0.4 is 0 Å². The molecule has 3 unspecified atom stereocenters. The maximum absolute atomic E-state index is 9.44. The molecule has 1 fully saturated rings. The quantitative estimate of drug-likeness (QED) is 0.672. The van der Waals surface area contributed by atoms with E-state index in [0.717, 1.165) is 32.5 Å². The Morgan fingerprint density at radius 1 is 1.46 bits per heavy atom. The zero-order chi connectivity index (χ0) is 9.84. The lowest BCUT2D eigenvalue weighted by Crippen LogP contribution is -2.31. The van der Waals surface area contributed by atoms with Crippen molar-refractivity contribution in [3.8, 4) is 0 Å². The van der Waals surface area contributed by atoms with E-state index < -0.39 is 0 Å². The van der Waals surface area contributed by atoms with E-state index in [0.29, 0.717) is 5.92 Å². The van der Waals surface area contributed by atoms with Crippen LogP contribution in [0.3, 0.4) is 0 Å². The molecule has 0 aliphatic carbocycles. The fourth-order valence-corrected chi connectivity index (χ4v) is 1.85. The minimum Gasteiger partial charge on any atom is -0.393 e. The lowest BCUT2D eigenvalue weighted by molar-refractivity contribution is 0.102.